The van der Waals surface area contributed by atoms with E-state index in [1.807, 2.05) is 31.2 Å². The Balaban J connectivity index is 1.39. The zero-order valence-electron chi connectivity index (χ0n) is 24.1. The van der Waals surface area contributed by atoms with Gasteiger partial charge in [-0.25, -0.2) is 4.98 Å². The Labute approximate surface area is 264 Å². The number of hydrogen-bond acceptors (Lipinski definition) is 9. The minimum absolute atomic E-state index is 0.0200. The van der Waals surface area contributed by atoms with Crippen LogP contribution >= 0.6 is 15.9 Å². The summed E-state index contributed by atoms with van der Waals surface area (Å²) in [6, 6.07) is 23.9. The molecule has 2 heterocycles. The largest absolute Gasteiger partial charge is 0.496 e. The maximum Gasteiger partial charge on any atom is 0.282 e. The number of non-ortho nitro benzene ring substituents is 1. The molecule has 2 aromatic heterocycles. The van der Waals surface area contributed by atoms with Crippen LogP contribution in [0.25, 0.3) is 33.5 Å². The van der Waals surface area contributed by atoms with Crippen LogP contribution in [0.3, 0.4) is 0 Å². The smallest absolute Gasteiger partial charge is 0.282 e. The molecule has 226 valence electrons. The van der Waals surface area contributed by atoms with Gasteiger partial charge >= 0.3 is 0 Å². The quantitative estimate of drug-likeness (QED) is 0.0841. The summed E-state index contributed by atoms with van der Waals surface area (Å²) >= 11 is 3.57. The molecule has 0 N–H and O–H groups in total. The summed E-state index contributed by atoms with van der Waals surface area (Å²) in [4.78, 5) is 29.2. The summed E-state index contributed by atoms with van der Waals surface area (Å²) in [5.41, 5.74) is 1.91. The van der Waals surface area contributed by atoms with Gasteiger partial charge in [0.25, 0.3) is 11.2 Å². The van der Waals surface area contributed by atoms with Crippen LogP contribution in [-0.4, -0.2) is 34.5 Å². The van der Waals surface area contributed by atoms with E-state index in [0.29, 0.717) is 61.7 Å². The first-order chi connectivity index (χ1) is 21.9. The van der Waals surface area contributed by atoms with E-state index in [4.69, 9.17) is 23.6 Å². The number of nitro groups is 1. The Hall–Kier alpha value is -5.49. The molecule has 0 fully saturated rings. The molecule has 0 radical (unpaired) electrons. The molecular weight excluding hydrogens is 644 g/mol. The maximum absolute atomic E-state index is 13.7. The molecule has 0 amide bonds. The van der Waals surface area contributed by atoms with Crippen molar-refractivity contribution in [2.75, 3.05) is 13.7 Å². The first kappa shape index (κ1) is 29.6. The fourth-order valence-electron chi connectivity index (χ4n) is 4.78. The molecular formula is C33H25BrN4O7. The maximum atomic E-state index is 13.7. The van der Waals surface area contributed by atoms with Crippen LogP contribution in [-0.2, 0) is 6.61 Å². The van der Waals surface area contributed by atoms with Gasteiger partial charge < -0.3 is 18.6 Å². The number of hydrogen-bond donors (Lipinski definition) is 0. The lowest BCUT2D eigenvalue weighted by molar-refractivity contribution is -0.384. The minimum atomic E-state index is -0.452. The third kappa shape index (κ3) is 6.00. The van der Waals surface area contributed by atoms with Crippen LogP contribution < -0.4 is 19.8 Å². The van der Waals surface area contributed by atoms with E-state index in [2.05, 4.69) is 21.0 Å². The normalized spacial score (nSPS) is 11.4. The van der Waals surface area contributed by atoms with E-state index < -0.39 is 4.92 Å². The second-order valence-electron chi connectivity index (χ2n) is 9.77. The highest BCUT2D eigenvalue weighted by Gasteiger charge is 2.18. The monoisotopic (exact) mass is 668 g/mol. The molecule has 45 heavy (non-hydrogen) atoms. The fourth-order valence-corrected chi connectivity index (χ4v) is 5.21. The number of nitrogens with zero attached hydrogens (tertiary/aromatic N) is 4. The van der Waals surface area contributed by atoms with Gasteiger partial charge in [0.1, 0.15) is 17.9 Å². The lowest BCUT2D eigenvalue weighted by Gasteiger charge is -2.14. The summed E-state index contributed by atoms with van der Waals surface area (Å²) in [5.74, 6) is 2.04. The van der Waals surface area contributed by atoms with E-state index >= 15 is 0 Å². The van der Waals surface area contributed by atoms with Crippen molar-refractivity contribution in [1.29, 1.82) is 0 Å². The number of halogens is 1. The van der Waals surface area contributed by atoms with Gasteiger partial charge in [-0.1, -0.05) is 30.3 Å². The summed E-state index contributed by atoms with van der Waals surface area (Å²) in [5, 5.41) is 16.8. The third-order valence-corrected chi connectivity index (χ3v) is 7.59. The Morgan fingerprint density at radius 3 is 2.58 bits per heavy atom. The first-order valence-electron chi connectivity index (χ1n) is 13.8. The van der Waals surface area contributed by atoms with Gasteiger partial charge in [-0.15, -0.1) is 0 Å². The number of furan rings is 1. The molecule has 6 rings (SSSR count). The number of benzene rings is 4. The summed E-state index contributed by atoms with van der Waals surface area (Å²) < 4.78 is 25.2. The molecule has 6 aromatic rings. The molecule has 0 aliphatic rings. The van der Waals surface area contributed by atoms with Crippen molar-refractivity contribution in [3.05, 3.63) is 121 Å². The summed E-state index contributed by atoms with van der Waals surface area (Å²) in [6.45, 7) is 2.29. The highest BCUT2D eigenvalue weighted by Crippen LogP contribution is 2.35. The molecule has 4 aromatic carbocycles. The van der Waals surface area contributed by atoms with Gasteiger partial charge in [-0.2, -0.15) is 9.78 Å². The van der Waals surface area contributed by atoms with Crippen molar-refractivity contribution >= 4 is 49.7 Å². The van der Waals surface area contributed by atoms with Crippen LogP contribution in [0.15, 0.2) is 104 Å². The molecule has 0 saturated carbocycles. The predicted molar refractivity (Wildman–Crippen MR) is 173 cm³/mol. The molecule has 0 aliphatic heterocycles. The van der Waals surface area contributed by atoms with E-state index in [-0.39, 0.29) is 23.7 Å². The zero-order valence-corrected chi connectivity index (χ0v) is 25.7. The number of nitro benzene ring substituents is 1. The standard InChI is InChI=1S/C33H25BrN4O7/c1-3-43-29-15-21(25(34)17-30(29)44-19-20-8-6-9-22(14-20)38(40)41)18-35-37-32(36-26-11-5-4-10-23(26)33(37)39)31-16-24-27(42-2)12-7-13-28(24)45-31/h4-18H,3,19H2,1-2H3. The molecule has 12 heteroatoms. The Bertz CT molecular complexity index is 2160. The van der Waals surface area contributed by atoms with Gasteiger partial charge in [0.15, 0.2) is 17.3 Å². The summed E-state index contributed by atoms with van der Waals surface area (Å²) in [7, 11) is 1.58. The second kappa shape index (κ2) is 12.6. The van der Waals surface area contributed by atoms with Gasteiger partial charge in [0.2, 0.25) is 5.82 Å². The number of aromatic nitrogens is 2. The SMILES string of the molecule is CCOc1cc(C=Nn2c(-c3cc4c(OC)cccc4o3)nc3ccccc3c2=O)c(Br)cc1OCc1cccc([N+](=O)[O-])c1. The lowest BCUT2D eigenvalue weighted by atomic mass is 10.2. The van der Waals surface area contributed by atoms with Crippen molar-refractivity contribution in [3.63, 3.8) is 0 Å². The van der Waals surface area contributed by atoms with Crippen molar-refractivity contribution in [1.82, 2.24) is 9.66 Å². The molecule has 11 nitrogen and oxygen atoms in total. The van der Waals surface area contributed by atoms with Crippen LogP contribution in [0.2, 0.25) is 0 Å². The Kier molecular flexibility index (Phi) is 8.30. The molecule has 0 saturated heterocycles. The number of ether oxygens (including phenoxy) is 3. The van der Waals surface area contributed by atoms with Gasteiger partial charge in [-0.3, -0.25) is 14.9 Å². The Morgan fingerprint density at radius 1 is 0.978 bits per heavy atom. The van der Waals surface area contributed by atoms with Gasteiger partial charge in [0.05, 0.1) is 41.1 Å². The van der Waals surface area contributed by atoms with E-state index in [9.17, 15) is 14.9 Å². The molecule has 0 unspecified atom stereocenters. The lowest BCUT2D eigenvalue weighted by Crippen LogP contribution is -2.20. The number of para-hydroxylation sites is 1. The van der Waals surface area contributed by atoms with Crippen LogP contribution in [0, 0.1) is 10.1 Å². The number of methoxy groups -OCH3 is 1. The average molecular weight is 669 g/mol. The highest BCUT2D eigenvalue weighted by atomic mass is 79.9. The molecule has 0 bridgehead atoms. The Morgan fingerprint density at radius 2 is 1.78 bits per heavy atom. The zero-order chi connectivity index (χ0) is 31.5. The van der Waals surface area contributed by atoms with Crippen LogP contribution in [0.1, 0.15) is 18.1 Å². The van der Waals surface area contributed by atoms with Crippen molar-refractivity contribution in [2.24, 2.45) is 5.10 Å². The van der Waals surface area contributed by atoms with E-state index in [0.717, 1.165) is 5.39 Å². The van der Waals surface area contributed by atoms with Gasteiger partial charge in [0, 0.05) is 22.2 Å². The van der Waals surface area contributed by atoms with Crippen molar-refractivity contribution in [2.45, 2.75) is 13.5 Å². The minimum Gasteiger partial charge on any atom is -0.496 e. The van der Waals surface area contributed by atoms with E-state index in [1.54, 1.807) is 55.6 Å². The molecule has 0 atom stereocenters. The van der Waals surface area contributed by atoms with Crippen molar-refractivity contribution in [3.8, 4) is 28.8 Å². The predicted octanol–water partition coefficient (Wildman–Crippen LogP) is 7.35. The number of fused-ring (bicyclic) bond motifs is 2. The summed E-state index contributed by atoms with van der Waals surface area (Å²) in [6.07, 6.45) is 1.52. The van der Waals surface area contributed by atoms with Crippen LogP contribution in [0.5, 0.6) is 17.2 Å². The number of rotatable bonds is 10. The third-order valence-electron chi connectivity index (χ3n) is 6.91. The second-order valence-corrected chi connectivity index (χ2v) is 10.6. The van der Waals surface area contributed by atoms with Crippen molar-refractivity contribution < 1.29 is 23.6 Å². The fraction of sp³-hybridized carbons (Fsp3) is 0.121. The molecule has 0 spiro atoms. The average Bonchev–Trinajstić information content (AvgIpc) is 3.49. The van der Waals surface area contributed by atoms with E-state index in [1.165, 1.54) is 23.0 Å². The van der Waals surface area contributed by atoms with Gasteiger partial charge in [-0.05, 0) is 70.9 Å². The first-order valence-corrected chi connectivity index (χ1v) is 14.6. The topological polar surface area (TPSA) is 131 Å². The van der Waals surface area contributed by atoms with Crippen LogP contribution in [0.4, 0.5) is 5.69 Å². The highest BCUT2D eigenvalue weighted by molar-refractivity contribution is 9.10. The molecule has 0 aliphatic carbocycles.